The van der Waals surface area contributed by atoms with Crippen molar-refractivity contribution in [1.82, 2.24) is 24.7 Å². The molecule has 1 aliphatic heterocycles. The number of hydrogen-bond acceptors (Lipinski definition) is 5. The van der Waals surface area contributed by atoms with Crippen molar-refractivity contribution in [3.63, 3.8) is 0 Å². The van der Waals surface area contributed by atoms with Gasteiger partial charge in [-0.25, -0.2) is 8.78 Å². The highest BCUT2D eigenvalue weighted by Gasteiger charge is 2.27. The molecule has 4 rings (SSSR count). The summed E-state index contributed by atoms with van der Waals surface area (Å²) < 4.78 is 30.7. The maximum atomic E-state index is 14.6. The summed E-state index contributed by atoms with van der Waals surface area (Å²) >= 11 is 0. The van der Waals surface area contributed by atoms with Gasteiger partial charge in [0.15, 0.2) is 10.8 Å². The molecule has 0 bridgehead atoms. The number of fused-ring (bicyclic) bond motifs is 1. The highest BCUT2D eigenvalue weighted by molar-refractivity contribution is 7.38. The van der Waals surface area contributed by atoms with Crippen molar-refractivity contribution in [3.8, 4) is 0 Å². The van der Waals surface area contributed by atoms with Gasteiger partial charge >= 0.3 is 0 Å². The van der Waals surface area contributed by atoms with Crippen LogP contribution in [0.3, 0.4) is 0 Å². The van der Waals surface area contributed by atoms with E-state index in [2.05, 4.69) is 47.9 Å². The molecule has 0 saturated carbocycles. The van der Waals surface area contributed by atoms with E-state index in [4.69, 9.17) is 0 Å². The van der Waals surface area contributed by atoms with Gasteiger partial charge in [-0.1, -0.05) is 39.9 Å². The molecule has 4 atom stereocenters. The Kier molecular flexibility index (Phi) is 6.46. The van der Waals surface area contributed by atoms with Gasteiger partial charge in [-0.3, -0.25) is 4.79 Å². The van der Waals surface area contributed by atoms with Crippen LogP contribution in [0.1, 0.15) is 23.6 Å². The maximum Gasteiger partial charge on any atom is 0.227 e. The molecule has 0 aliphatic carbocycles. The Hall–Kier alpha value is -1.81. The zero-order valence-electron chi connectivity index (χ0n) is 17.6. The third-order valence-electron chi connectivity index (χ3n) is 5.46. The molecule has 1 saturated heterocycles. The summed E-state index contributed by atoms with van der Waals surface area (Å²) in [5, 5.41) is 8.76. The normalized spacial score (nSPS) is 16.9. The fourth-order valence-corrected chi connectivity index (χ4v) is 4.16. The molecule has 1 fully saturated rings. The SMILES string of the molecule is CC(F)(P)c1cc(CC(=O)N2CCN(c3ccc4nncn4n3)CC2)cc(C(F)(P)P)c1. The molecule has 0 spiro atoms. The highest BCUT2D eigenvalue weighted by atomic mass is 31.1. The van der Waals surface area contributed by atoms with E-state index >= 15 is 0 Å². The van der Waals surface area contributed by atoms with Gasteiger partial charge in [0.05, 0.1) is 6.42 Å². The van der Waals surface area contributed by atoms with Crippen LogP contribution in [0.5, 0.6) is 0 Å². The zero-order valence-corrected chi connectivity index (χ0v) is 21.0. The molecule has 12 heteroatoms. The number of nitrogens with zero attached hydrogens (tertiary/aromatic N) is 6. The number of rotatable bonds is 5. The second-order valence-corrected chi connectivity index (χ2v) is 11.6. The number of carbonyl (C=O) groups excluding carboxylic acids is 1. The number of anilines is 1. The monoisotopic (exact) mass is 496 g/mol. The summed E-state index contributed by atoms with van der Waals surface area (Å²) in [6.07, 6.45) is 1.63. The number of aromatic nitrogens is 4. The average molecular weight is 496 g/mol. The summed E-state index contributed by atoms with van der Waals surface area (Å²) in [5.41, 5.74) is 1.87. The minimum atomic E-state index is -1.80. The molecule has 1 aliphatic rings. The first-order chi connectivity index (χ1) is 15.0. The van der Waals surface area contributed by atoms with Crippen molar-refractivity contribution in [2.45, 2.75) is 23.9 Å². The molecule has 7 nitrogen and oxygen atoms in total. The lowest BCUT2D eigenvalue weighted by atomic mass is 10.0. The lowest BCUT2D eigenvalue weighted by Crippen LogP contribution is -2.49. The zero-order chi connectivity index (χ0) is 23.1. The fourth-order valence-electron chi connectivity index (χ4n) is 3.66. The van der Waals surface area contributed by atoms with E-state index in [-0.39, 0.29) is 12.3 Å². The minimum absolute atomic E-state index is 0.0729. The molecule has 4 unspecified atom stereocenters. The van der Waals surface area contributed by atoms with Gasteiger partial charge in [-0.15, -0.1) is 15.3 Å². The predicted octanol–water partition coefficient (Wildman–Crippen LogP) is 2.86. The smallest absolute Gasteiger partial charge is 0.227 e. The summed E-state index contributed by atoms with van der Waals surface area (Å²) in [6, 6.07) is 8.47. The lowest BCUT2D eigenvalue weighted by Gasteiger charge is -2.35. The minimum Gasteiger partial charge on any atom is -0.352 e. The number of alkyl halides is 2. The predicted molar refractivity (Wildman–Crippen MR) is 130 cm³/mol. The third-order valence-corrected chi connectivity index (χ3v) is 6.46. The van der Waals surface area contributed by atoms with Crippen LogP contribution in [-0.4, -0.2) is 56.8 Å². The van der Waals surface area contributed by atoms with Gasteiger partial charge in [0.2, 0.25) is 5.91 Å². The number of benzene rings is 1. The van der Waals surface area contributed by atoms with Crippen LogP contribution in [0.25, 0.3) is 5.65 Å². The Morgan fingerprint density at radius 2 is 1.75 bits per heavy atom. The number of halogens is 2. The van der Waals surface area contributed by atoms with Crippen molar-refractivity contribution < 1.29 is 13.6 Å². The van der Waals surface area contributed by atoms with Crippen molar-refractivity contribution in [1.29, 1.82) is 0 Å². The molecule has 1 aromatic carbocycles. The second-order valence-electron chi connectivity index (χ2n) is 8.13. The van der Waals surface area contributed by atoms with Gasteiger partial charge < -0.3 is 9.80 Å². The van der Waals surface area contributed by atoms with Crippen LogP contribution >= 0.6 is 27.7 Å². The van der Waals surface area contributed by atoms with Crippen molar-refractivity contribution >= 4 is 45.1 Å². The Morgan fingerprint density at radius 1 is 1.06 bits per heavy atom. The number of carbonyl (C=O) groups is 1. The Labute approximate surface area is 191 Å². The van der Waals surface area contributed by atoms with E-state index in [1.165, 1.54) is 13.0 Å². The summed E-state index contributed by atoms with van der Waals surface area (Å²) in [4.78, 5) is 16.8. The van der Waals surface area contributed by atoms with Crippen LogP contribution in [-0.2, 0) is 21.8 Å². The van der Waals surface area contributed by atoms with Gasteiger partial charge in [-0.2, -0.15) is 4.52 Å². The molecule has 0 N–H and O–H groups in total. The van der Waals surface area contributed by atoms with E-state index in [1.807, 2.05) is 12.1 Å². The molecule has 2 aromatic heterocycles. The molecule has 3 aromatic rings. The van der Waals surface area contributed by atoms with Crippen LogP contribution in [0.2, 0.25) is 0 Å². The largest absolute Gasteiger partial charge is 0.352 e. The van der Waals surface area contributed by atoms with Gasteiger partial charge in [0.1, 0.15) is 17.6 Å². The maximum absolute atomic E-state index is 14.6. The molecule has 170 valence electrons. The highest BCUT2D eigenvalue weighted by Crippen LogP contribution is 2.43. The summed E-state index contributed by atoms with van der Waals surface area (Å²) in [6.45, 7) is 3.74. The molecular formula is C20H25F2N6OP3. The fraction of sp³-hybridized carbons (Fsp3) is 0.400. The van der Waals surface area contributed by atoms with Crippen LogP contribution in [0.15, 0.2) is 36.7 Å². The number of amides is 1. The molecule has 0 radical (unpaired) electrons. The van der Waals surface area contributed by atoms with E-state index in [1.54, 1.807) is 27.9 Å². The Balaban J connectivity index is 1.44. The van der Waals surface area contributed by atoms with Crippen LogP contribution < -0.4 is 4.90 Å². The van der Waals surface area contributed by atoms with Crippen LogP contribution in [0.4, 0.5) is 14.6 Å². The lowest BCUT2D eigenvalue weighted by molar-refractivity contribution is -0.130. The first-order valence-electron chi connectivity index (χ1n) is 10.1. The van der Waals surface area contributed by atoms with Gasteiger partial charge in [0, 0.05) is 26.2 Å². The first-order valence-corrected chi connectivity index (χ1v) is 11.8. The van der Waals surface area contributed by atoms with E-state index in [0.29, 0.717) is 48.5 Å². The third kappa shape index (κ3) is 5.22. The van der Waals surface area contributed by atoms with Gasteiger partial charge in [-0.05, 0) is 41.8 Å². The van der Waals surface area contributed by atoms with Crippen molar-refractivity contribution in [2.75, 3.05) is 31.1 Å². The number of hydrogen-bond donors (Lipinski definition) is 0. The van der Waals surface area contributed by atoms with Crippen molar-refractivity contribution in [2.24, 2.45) is 0 Å². The Morgan fingerprint density at radius 3 is 2.41 bits per heavy atom. The van der Waals surface area contributed by atoms with E-state index in [9.17, 15) is 13.6 Å². The first kappa shape index (κ1) is 23.4. The average Bonchev–Trinajstić information content (AvgIpc) is 3.20. The van der Waals surface area contributed by atoms with Crippen molar-refractivity contribution in [3.05, 3.63) is 53.3 Å². The molecule has 3 heterocycles. The van der Waals surface area contributed by atoms with Gasteiger partial charge in [0.25, 0.3) is 0 Å². The molecule has 1 amide bonds. The number of piperazine rings is 1. The van der Waals surface area contributed by atoms with E-state index in [0.717, 1.165) is 5.82 Å². The molecular weight excluding hydrogens is 471 g/mol. The molecule has 32 heavy (non-hydrogen) atoms. The summed E-state index contributed by atoms with van der Waals surface area (Å²) in [5.74, 6) is 0.723. The standard InChI is InChI=1S/C20H25F2N6OP3/c1-19(21,30)14-8-13(9-15(11-14)20(22,31)32)10-18(29)27-6-4-26(5-7-27)17-3-2-16-24-23-12-28(16)25-17/h2-3,8-9,11-12H,4-7,10,30-32H2,1H3. The quantitative estimate of drug-likeness (QED) is 0.509. The van der Waals surface area contributed by atoms with E-state index < -0.39 is 10.6 Å². The Bertz CT molecular complexity index is 1100. The second kappa shape index (κ2) is 8.85. The topological polar surface area (TPSA) is 66.6 Å². The van der Waals surface area contributed by atoms with Crippen LogP contribution in [0, 0.1) is 0 Å². The summed E-state index contributed by atoms with van der Waals surface area (Å²) in [7, 11) is 6.30.